The number of carbonyl (C=O) groups excluding carboxylic acids is 1. The van der Waals surface area contributed by atoms with Gasteiger partial charge in [0.25, 0.3) is 0 Å². The normalized spacial score (nSPS) is 18.5. The van der Waals surface area contributed by atoms with Crippen molar-refractivity contribution in [1.29, 1.82) is 0 Å². The fourth-order valence-corrected chi connectivity index (χ4v) is 1.66. The minimum absolute atomic E-state index is 0.00705. The smallest absolute Gasteiger partial charge is 0.223 e. The minimum Gasteiger partial charge on any atom is -0.384 e. The van der Waals surface area contributed by atoms with Gasteiger partial charge in [-0.1, -0.05) is 12.1 Å². The Morgan fingerprint density at radius 3 is 2.59 bits per heavy atom. The monoisotopic (exact) mass is 237 g/mol. The molecule has 0 heterocycles. The Balaban J connectivity index is 1.97. The highest BCUT2D eigenvalue weighted by atomic mass is 19.1. The predicted octanol–water partition coefficient (Wildman–Crippen LogP) is 1.56. The Morgan fingerprint density at radius 2 is 2.06 bits per heavy atom. The molecule has 1 aromatic rings. The first kappa shape index (κ1) is 12.0. The third kappa shape index (κ3) is 3.03. The number of hydrogen-bond donors (Lipinski definition) is 2. The number of halogens is 1. The summed E-state index contributed by atoms with van der Waals surface area (Å²) < 4.78 is 12.8. The minimum atomic E-state index is -1.17. The molecule has 4 heteroatoms. The summed E-state index contributed by atoms with van der Waals surface area (Å²) in [6.07, 6.45) is 1.87. The van der Waals surface area contributed by atoms with Crippen LogP contribution in [0.5, 0.6) is 0 Å². The molecule has 0 saturated heterocycles. The summed E-state index contributed by atoms with van der Waals surface area (Å²) in [6, 6.07) is 5.65. The first-order valence-corrected chi connectivity index (χ1v) is 5.75. The van der Waals surface area contributed by atoms with Gasteiger partial charge in [0.05, 0.1) is 6.54 Å². The third-order valence-corrected chi connectivity index (χ3v) is 3.02. The zero-order chi connectivity index (χ0) is 12.5. The summed E-state index contributed by atoms with van der Waals surface area (Å²) in [5, 5.41) is 12.9. The van der Waals surface area contributed by atoms with Crippen LogP contribution in [0.3, 0.4) is 0 Å². The van der Waals surface area contributed by atoms with Crippen LogP contribution in [0.2, 0.25) is 0 Å². The quantitative estimate of drug-likeness (QED) is 0.835. The lowest BCUT2D eigenvalue weighted by atomic mass is 9.96. The van der Waals surface area contributed by atoms with Crippen LogP contribution in [0.15, 0.2) is 24.3 Å². The van der Waals surface area contributed by atoms with E-state index in [4.69, 9.17) is 0 Å². The summed E-state index contributed by atoms with van der Waals surface area (Å²) >= 11 is 0. The summed E-state index contributed by atoms with van der Waals surface area (Å²) in [4.78, 5) is 11.5. The SMILES string of the molecule is CC(O)(CNC(=O)C1CC1)c1ccc(F)cc1. The maximum Gasteiger partial charge on any atom is 0.223 e. The number of benzene rings is 1. The molecule has 3 nitrogen and oxygen atoms in total. The van der Waals surface area contributed by atoms with Gasteiger partial charge in [0, 0.05) is 5.92 Å². The molecule has 1 fully saturated rings. The molecule has 1 saturated carbocycles. The molecule has 1 aliphatic rings. The van der Waals surface area contributed by atoms with Crippen molar-refractivity contribution >= 4 is 5.91 Å². The van der Waals surface area contributed by atoms with Crippen molar-refractivity contribution in [2.24, 2.45) is 5.92 Å². The molecule has 0 aliphatic heterocycles. The second kappa shape index (κ2) is 4.45. The molecule has 92 valence electrons. The number of nitrogens with one attached hydrogen (secondary N) is 1. The van der Waals surface area contributed by atoms with E-state index in [9.17, 15) is 14.3 Å². The first-order chi connectivity index (χ1) is 7.99. The number of aliphatic hydroxyl groups is 1. The van der Waals surface area contributed by atoms with Gasteiger partial charge in [-0.05, 0) is 37.5 Å². The van der Waals surface area contributed by atoms with Crippen LogP contribution in [0.25, 0.3) is 0 Å². The Kier molecular flexibility index (Phi) is 3.15. The van der Waals surface area contributed by atoms with E-state index < -0.39 is 5.60 Å². The fraction of sp³-hybridized carbons (Fsp3) is 0.462. The molecule has 1 unspecified atom stereocenters. The van der Waals surface area contributed by atoms with Gasteiger partial charge >= 0.3 is 0 Å². The number of hydrogen-bond acceptors (Lipinski definition) is 2. The van der Waals surface area contributed by atoms with Gasteiger partial charge in [-0.3, -0.25) is 4.79 Å². The van der Waals surface area contributed by atoms with E-state index in [1.165, 1.54) is 24.3 Å². The van der Waals surface area contributed by atoms with Crippen LogP contribution in [0.4, 0.5) is 4.39 Å². The van der Waals surface area contributed by atoms with Crippen molar-refractivity contribution in [3.05, 3.63) is 35.6 Å². The van der Waals surface area contributed by atoms with Crippen LogP contribution in [-0.2, 0) is 10.4 Å². The van der Waals surface area contributed by atoms with Crippen LogP contribution in [-0.4, -0.2) is 17.6 Å². The third-order valence-electron chi connectivity index (χ3n) is 3.02. The molecular weight excluding hydrogens is 221 g/mol. The Bertz CT molecular complexity index is 410. The first-order valence-electron chi connectivity index (χ1n) is 5.75. The van der Waals surface area contributed by atoms with Crippen LogP contribution in [0.1, 0.15) is 25.3 Å². The zero-order valence-corrected chi connectivity index (χ0v) is 9.74. The van der Waals surface area contributed by atoms with E-state index in [1.807, 2.05) is 0 Å². The molecule has 0 radical (unpaired) electrons. The maximum atomic E-state index is 12.8. The second-order valence-corrected chi connectivity index (χ2v) is 4.77. The Hall–Kier alpha value is -1.42. The molecule has 1 aliphatic carbocycles. The average Bonchev–Trinajstić information content (AvgIpc) is 3.10. The molecule has 17 heavy (non-hydrogen) atoms. The van der Waals surface area contributed by atoms with Gasteiger partial charge in [0.2, 0.25) is 5.91 Å². The molecule has 1 aromatic carbocycles. The van der Waals surface area contributed by atoms with Crippen molar-refractivity contribution in [3.63, 3.8) is 0 Å². The Morgan fingerprint density at radius 1 is 1.47 bits per heavy atom. The van der Waals surface area contributed by atoms with E-state index in [0.29, 0.717) is 5.56 Å². The van der Waals surface area contributed by atoms with Gasteiger partial charge in [-0.2, -0.15) is 0 Å². The molecule has 0 aromatic heterocycles. The van der Waals surface area contributed by atoms with Crippen molar-refractivity contribution < 1.29 is 14.3 Å². The fourth-order valence-electron chi connectivity index (χ4n) is 1.66. The highest BCUT2D eigenvalue weighted by molar-refractivity contribution is 5.80. The van der Waals surface area contributed by atoms with Crippen molar-refractivity contribution in [3.8, 4) is 0 Å². The summed E-state index contributed by atoms with van der Waals surface area (Å²) in [5.74, 6) is -0.224. The van der Waals surface area contributed by atoms with Crippen molar-refractivity contribution in [1.82, 2.24) is 5.32 Å². The molecule has 2 rings (SSSR count). The van der Waals surface area contributed by atoms with E-state index in [0.717, 1.165) is 12.8 Å². The predicted molar refractivity (Wildman–Crippen MR) is 61.7 cm³/mol. The van der Waals surface area contributed by atoms with Gasteiger partial charge < -0.3 is 10.4 Å². The number of carbonyl (C=O) groups is 1. The summed E-state index contributed by atoms with van der Waals surface area (Å²) in [7, 11) is 0. The summed E-state index contributed by atoms with van der Waals surface area (Å²) in [5.41, 5.74) is -0.576. The van der Waals surface area contributed by atoms with Crippen LogP contribution >= 0.6 is 0 Å². The topological polar surface area (TPSA) is 49.3 Å². The van der Waals surface area contributed by atoms with Gasteiger partial charge in [0.15, 0.2) is 0 Å². The van der Waals surface area contributed by atoms with Gasteiger partial charge in [0.1, 0.15) is 11.4 Å². The van der Waals surface area contributed by atoms with Gasteiger partial charge in [-0.25, -0.2) is 4.39 Å². The second-order valence-electron chi connectivity index (χ2n) is 4.77. The standard InChI is InChI=1S/C13H16FNO2/c1-13(17,8-15-12(16)9-2-3-9)10-4-6-11(14)7-5-10/h4-7,9,17H,2-3,8H2,1H3,(H,15,16). The molecule has 1 amide bonds. The van der Waals surface area contributed by atoms with Crippen molar-refractivity contribution in [2.45, 2.75) is 25.4 Å². The largest absolute Gasteiger partial charge is 0.384 e. The molecule has 0 bridgehead atoms. The highest BCUT2D eigenvalue weighted by Gasteiger charge is 2.31. The lowest BCUT2D eigenvalue weighted by Crippen LogP contribution is -2.39. The van der Waals surface area contributed by atoms with Crippen LogP contribution in [0, 0.1) is 11.7 Å². The van der Waals surface area contributed by atoms with E-state index in [-0.39, 0.29) is 24.2 Å². The average molecular weight is 237 g/mol. The lowest BCUT2D eigenvalue weighted by Gasteiger charge is -2.24. The van der Waals surface area contributed by atoms with Gasteiger partial charge in [-0.15, -0.1) is 0 Å². The number of amides is 1. The highest BCUT2D eigenvalue weighted by Crippen LogP contribution is 2.29. The van der Waals surface area contributed by atoms with E-state index >= 15 is 0 Å². The molecule has 2 N–H and O–H groups in total. The lowest BCUT2D eigenvalue weighted by molar-refractivity contribution is -0.123. The molecular formula is C13H16FNO2. The van der Waals surface area contributed by atoms with Crippen LogP contribution < -0.4 is 5.32 Å². The van der Waals surface area contributed by atoms with E-state index in [1.54, 1.807) is 6.92 Å². The molecule has 0 spiro atoms. The van der Waals surface area contributed by atoms with Crippen molar-refractivity contribution in [2.75, 3.05) is 6.54 Å². The zero-order valence-electron chi connectivity index (χ0n) is 9.74. The Labute approximate surface area is 99.7 Å². The summed E-state index contributed by atoms with van der Waals surface area (Å²) in [6.45, 7) is 1.75. The molecule has 1 atom stereocenters. The number of rotatable bonds is 4. The van der Waals surface area contributed by atoms with E-state index in [2.05, 4.69) is 5.32 Å². The maximum absolute atomic E-state index is 12.8.